The molecule has 5 nitrogen and oxygen atoms in total. The molecule has 2 heterocycles. The molecule has 0 bridgehead atoms. The first-order valence-corrected chi connectivity index (χ1v) is 12.2. The second-order valence-electron chi connectivity index (χ2n) is 7.81. The van der Waals surface area contributed by atoms with Gasteiger partial charge in [0.1, 0.15) is 9.84 Å². The highest BCUT2D eigenvalue weighted by atomic mass is 35.5. The Morgan fingerprint density at radius 1 is 0.931 bits per heavy atom. The maximum atomic E-state index is 13.3. The van der Waals surface area contributed by atoms with E-state index in [-0.39, 0.29) is 29.4 Å². The minimum Gasteiger partial charge on any atom is -0.367 e. The van der Waals surface area contributed by atoms with Crippen LogP contribution in [0.1, 0.15) is 24.4 Å². The van der Waals surface area contributed by atoms with Crippen LogP contribution in [0.4, 0.5) is 5.69 Å². The molecule has 2 aromatic rings. The summed E-state index contributed by atoms with van der Waals surface area (Å²) in [6.07, 6.45) is 0.861. The van der Waals surface area contributed by atoms with Crippen molar-refractivity contribution in [3.63, 3.8) is 0 Å². The molecule has 2 aromatic carbocycles. The quantitative estimate of drug-likeness (QED) is 0.744. The maximum absolute atomic E-state index is 13.3. The summed E-state index contributed by atoms with van der Waals surface area (Å²) in [6, 6.07) is 17.8. The van der Waals surface area contributed by atoms with Gasteiger partial charge in [0.2, 0.25) is 5.91 Å². The van der Waals surface area contributed by atoms with Gasteiger partial charge >= 0.3 is 0 Å². The number of carbonyl (C=O) groups is 1. The van der Waals surface area contributed by atoms with Crippen LogP contribution in [0.15, 0.2) is 54.6 Å². The van der Waals surface area contributed by atoms with Crippen LogP contribution in [-0.4, -0.2) is 50.4 Å². The van der Waals surface area contributed by atoms with Gasteiger partial charge in [-0.05, 0) is 42.7 Å². The first-order chi connectivity index (χ1) is 13.9. The van der Waals surface area contributed by atoms with E-state index < -0.39 is 9.84 Å². The number of anilines is 1. The van der Waals surface area contributed by atoms with Crippen LogP contribution in [-0.2, 0) is 14.6 Å². The van der Waals surface area contributed by atoms with Crippen molar-refractivity contribution < 1.29 is 13.2 Å². The maximum Gasteiger partial charge on any atom is 0.226 e. The Morgan fingerprint density at radius 3 is 2.24 bits per heavy atom. The van der Waals surface area contributed by atoms with Gasteiger partial charge in [-0.15, -0.1) is 0 Å². The summed E-state index contributed by atoms with van der Waals surface area (Å²) in [4.78, 5) is 17.6. The van der Waals surface area contributed by atoms with Crippen molar-refractivity contribution in [3.05, 3.63) is 65.2 Å². The van der Waals surface area contributed by atoms with Gasteiger partial charge in [0.25, 0.3) is 0 Å². The van der Waals surface area contributed by atoms with E-state index in [2.05, 4.69) is 17.0 Å². The first kappa shape index (κ1) is 20.2. The molecule has 0 aromatic heterocycles. The zero-order valence-corrected chi connectivity index (χ0v) is 17.8. The van der Waals surface area contributed by atoms with Crippen molar-refractivity contribution in [1.82, 2.24) is 4.90 Å². The predicted molar refractivity (Wildman–Crippen MR) is 116 cm³/mol. The Balaban J connectivity index is 1.56. The van der Waals surface area contributed by atoms with E-state index in [4.69, 9.17) is 11.6 Å². The lowest BCUT2D eigenvalue weighted by Gasteiger charge is -2.44. The van der Waals surface area contributed by atoms with Crippen molar-refractivity contribution in [2.24, 2.45) is 5.92 Å². The minimum atomic E-state index is -2.98. The third-order valence-electron chi connectivity index (χ3n) is 5.94. The van der Waals surface area contributed by atoms with E-state index in [9.17, 15) is 13.2 Å². The number of rotatable bonds is 3. The van der Waals surface area contributed by atoms with Gasteiger partial charge in [-0.3, -0.25) is 4.79 Å². The molecule has 2 aliphatic rings. The Hall–Kier alpha value is -2.05. The third kappa shape index (κ3) is 4.59. The summed E-state index contributed by atoms with van der Waals surface area (Å²) in [5.74, 6) is 0.116. The molecule has 154 valence electrons. The highest BCUT2D eigenvalue weighted by Gasteiger charge is 2.37. The van der Waals surface area contributed by atoms with Crippen molar-refractivity contribution in [3.8, 4) is 0 Å². The van der Waals surface area contributed by atoms with Gasteiger partial charge < -0.3 is 9.80 Å². The van der Waals surface area contributed by atoms with Gasteiger partial charge in [0.05, 0.1) is 17.5 Å². The molecule has 0 spiro atoms. The van der Waals surface area contributed by atoms with Crippen LogP contribution < -0.4 is 4.90 Å². The summed E-state index contributed by atoms with van der Waals surface area (Å²) in [5.41, 5.74) is 2.19. The van der Waals surface area contributed by atoms with Gasteiger partial charge in [-0.25, -0.2) is 8.42 Å². The summed E-state index contributed by atoms with van der Waals surface area (Å²) >= 11 is 6.03. The number of hydrogen-bond acceptors (Lipinski definition) is 4. The largest absolute Gasteiger partial charge is 0.367 e. The lowest BCUT2D eigenvalue weighted by atomic mass is 9.96. The smallest absolute Gasteiger partial charge is 0.226 e. The normalized spacial score (nSPS) is 22.4. The zero-order chi connectivity index (χ0) is 20.4. The fraction of sp³-hybridized carbons (Fsp3) is 0.409. The van der Waals surface area contributed by atoms with Crippen LogP contribution in [0.2, 0.25) is 5.02 Å². The number of sulfone groups is 1. The lowest BCUT2D eigenvalue weighted by Crippen LogP contribution is -2.53. The first-order valence-electron chi connectivity index (χ1n) is 9.99. The Kier molecular flexibility index (Phi) is 5.83. The number of hydrogen-bond donors (Lipinski definition) is 0. The molecule has 0 radical (unpaired) electrons. The monoisotopic (exact) mass is 432 g/mol. The molecule has 1 unspecified atom stereocenters. The van der Waals surface area contributed by atoms with Crippen molar-refractivity contribution >= 4 is 33.0 Å². The fourth-order valence-corrected chi connectivity index (χ4v) is 5.88. The molecular formula is C22H25ClN2O3S. The highest BCUT2D eigenvalue weighted by Crippen LogP contribution is 2.32. The van der Waals surface area contributed by atoms with Gasteiger partial charge in [-0.2, -0.15) is 0 Å². The van der Waals surface area contributed by atoms with E-state index in [1.54, 1.807) is 0 Å². The molecule has 1 atom stereocenters. The fourth-order valence-electron chi connectivity index (χ4n) is 4.27. The zero-order valence-electron chi connectivity index (χ0n) is 16.2. The average molecular weight is 433 g/mol. The Labute approximate surface area is 177 Å². The van der Waals surface area contributed by atoms with Crippen LogP contribution in [0.25, 0.3) is 0 Å². The van der Waals surface area contributed by atoms with E-state index in [1.165, 1.54) is 0 Å². The third-order valence-corrected chi connectivity index (χ3v) is 7.91. The molecule has 1 amide bonds. The van der Waals surface area contributed by atoms with Gasteiger partial charge in [-0.1, -0.05) is 41.9 Å². The van der Waals surface area contributed by atoms with Crippen molar-refractivity contribution in [2.45, 2.75) is 18.9 Å². The Bertz CT molecular complexity index is 949. The number of nitrogens with zero attached hydrogens (tertiary/aromatic N) is 2. The van der Waals surface area contributed by atoms with Crippen LogP contribution in [0, 0.1) is 5.92 Å². The highest BCUT2D eigenvalue weighted by molar-refractivity contribution is 7.91. The van der Waals surface area contributed by atoms with E-state index in [0.29, 0.717) is 31.0 Å². The standard InChI is InChI=1S/C22H25ClN2O3S/c23-19-6-8-20(9-7-19)24-12-13-25(21(16-24)17-4-2-1-3-5-17)22(26)18-10-14-29(27,28)15-11-18/h1-9,18,21H,10-16H2. The number of halogens is 1. The molecule has 2 saturated heterocycles. The molecule has 2 fully saturated rings. The summed E-state index contributed by atoms with van der Waals surface area (Å²) in [7, 11) is -2.98. The Morgan fingerprint density at radius 2 is 1.59 bits per heavy atom. The number of piperazine rings is 1. The van der Waals surface area contributed by atoms with E-state index in [1.807, 2.05) is 47.4 Å². The van der Waals surface area contributed by atoms with Crippen LogP contribution >= 0.6 is 11.6 Å². The minimum absolute atomic E-state index is 0.0633. The van der Waals surface area contributed by atoms with E-state index >= 15 is 0 Å². The molecule has 7 heteroatoms. The summed E-state index contributed by atoms with van der Waals surface area (Å²) < 4.78 is 23.5. The van der Waals surface area contributed by atoms with Gasteiger partial charge in [0.15, 0.2) is 0 Å². The SMILES string of the molecule is O=C(C1CCS(=O)(=O)CC1)N1CCN(c2ccc(Cl)cc2)CC1c1ccccc1. The van der Waals surface area contributed by atoms with Crippen LogP contribution in [0.5, 0.6) is 0 Å². The average Bonchev–Trinajstić information content (AvgIpc) is 2.74. The lowest BCUT2D eigenvalue weighted by molar-refractivity contribution is -0.138. The molecule has 0 saturated carbocycles. The molecule has 0 N–H and O–H groups in total. The predicted octanol–water partition coefficient (Wildman–Crippen LogP) is 3.55. The molecule has 0 aliphatic carbocycles. The second kappa shape index (κ2) is 8.36. The number of benzene rings is 2. The molecule has 4 rings (SSSR count). The van der Waals surface area contributed by atoms with Crippen LogP contribution in [0.3, 0.4) is 0 Å². The number of carbonyl (C=O) groups excluding carboxylic acids is 1. The van der Waals surface area contributed by atoms with E-state index in [0.717, 1.165) is 17.8 Å². The molecule has 2 aliphatic heterocycles. The topological polar surface area (TPSA) is 57.7 Å². The van der Waals surface area contributed by atoms with Gasteiger partial charge in [0, 0.05) is 36.3 Å². The molecule has 29 heavy (non-hydrogen) atoms. The summed E-state index contributed by atoms with van der Waals surface area (Å²) in [6.45, 7) is 2.05. The number of amides is 1. The summed E-state index contributed by atoms with van der Waals surface area (Å²) in [5, 5.41) is 0.703. The molecular weight excluding hydrogens is 408 g/mol. The van der Waals surface area contributed by atoms with Crippen molar-refractivity contribution in [1.29, 1.82) is 0 Å². The second-order valence-corrected chi connectivity index (χ2v) is 10.5. The van der Waals surface area contributed by atoms with Crippen molar-refractivity contribution in [2.75, 3.05) is 36.0 Å².